The van der Waals surface area contributed by atoms with Crippen molar-refractivity contribution in [1.29, 1.82) is 0 Å². The van der Waals surface area contributed by atoms with Crippen molar-refractivity contribution < 1.29 is 19.0 Å². The standard InChI is InChI=1S/C31H34N2O4/c1-4-35-23-16-14-21(15-17-23)30-29-25(24-11-7-8-12-26(24)32-29)18-19-33(30)28(34)20-22-10-9-13-27(36-5-2)31(22)37-6-3/h7-17,30,32H,4-6,18-20H2,1-3H3. The van der Waals surface area contributed by atoms with Gasteiger partial charge in [0.05, 0.1) is 32.3 Å². The number of carbonyl (C=O) groups is 1. The number of benzene rings is 3. The number of aromatic nitrogens is 1. The predicted molar refractivity (Wildman–Crippen MR) is 146 cm³/mol. The first-order valence-corrected chi connectivity index (χ1v) is 13.1. The van der Waals surface area contributed by atoms with Crippen LogP contribution in [0.4, 0.5) is 0 Å². The van der Waals surface area contributed by atoms with Crippen LogP contribution in [-0.4, -0.2) is 42.2 Å². The minimum atomic E-state index is -0.218. The van der Waals surface area contributed by atoms with Crippen molar-refractivity contribution in [2.45, 2.75) is 39.7 Å². The van der Waals surface area contributed by atoms with Gasteiger partial charge < -0.3 is 24.1 Å². The Hall–Kier alpha value is -3.93. The molecule has 5 rings (SSSR count). The molecule has 6 nitrogen and oxygen atoms in total. The van der Waals surface area contributed by atoms with E-state index in [9.17, 15) is 4.79 Å². The normalized spacial score (nSPS) is 14.9. The van der Waals surface area contributed by atoms with Gasteiger partial charge in [-0.15, -0.1) is 0 Å². The Morgan fingerprint density at radius 1 is 0.892 bits per heavy atom. The molecule has 37 heavy (non-hydrogen) atoms. The second-order valence-corrected chi connectivity index (χ2v) is 9.09. The maximum atomic E-state index is 14.0. The zero-order chi connectivity index (χ0) is 25.8. The van der Waals surface area contributed by atoms with E-state index in [0.717, 1.165) is 34.5 Å². The highest BCUT2D eigenvalue weighted by Gasteiger charge is 2.35. The lowest BCUT2D eigenvalue weighted by Gasteiger charge is -2.36. The first kappa shape index (κ1) is 24.8. The molecule has 4 aromatic rings. The topological polar surface area (TPSA) is 63.8 Å². The van der Waals surface area contributed by atoms with Gasteiger partial charge in [0.15, 0.2) is 11.5 Å². The van der Waals surface area contributed by atoms with Gasteiger partial charge in [0, 0.05) is 28.7 Å². The molecular weight excluding hydrogens is 464 g/mol. The number of H-pyrrole nitrogens is 1. The van der Waals surface area contributed by atoms with Crippen molar-refractivity contribution in [3.05, 3.63) is 89.1 Å². The number of fused-ring (bicyclic) bond motifs is 3. The summed E-state index contributed by atoms with van der Waals surface area (Å²) in [6.45, 7) is 8.15. The molecule has 1 aromatic heterocycles. The van der Waals surface area contributed by atoms with Gasteiger partial charge in [0.25, 0.3) is 0 Å². The zero-order valence-electron chi connectivity index (χ0n) is 21.8. The number of para-hydroxylation sites is 2. The van der Waals surface area contributed by atoms with Crippen molar-refractivity contribution in [2.75, 3.05) is 26.4 Å². The summed E-state index contributed by atoms with van der Waals surface area (Å²) in [5.74, 6) is 2.21. The molecule has 0 saturated carbocycles. The number of hydrogen-bond acceptors (Lipinski definition) is 4. The summed E-state index contributed by atoms with van der Waals surface area (Å²) < 4.78 is 17.4. The van der Waals surface area contributed by atoms with Crippen molar-refractivity contribution in [3.8, 4) is 17.2 Å². The van der Waals surface area contributed by atoms with E-state index in [1.165, 1.54) is 10.9 Å². The van der Waals surface area contributed by atoms with Crippen molar-refractivity contribution >= 4 is 16.8 Å². The average molecular weight is 499 g/mol. The highest BCUT2D eigenvalue weighted by molar-refractivity contribution is 5.87. The fourth-order valence-electron chi connectivity index (χ4n) is 5.31. The van der Waals surface area contributed by atoms with E-state index >= 15 is 0 Å². The largest absolute Gasteiger partial charge is 0.494 e. The molecule has 1 amide bonds. The summed E-state index contributed by atoms with van der Waals surface area (Å²) in [6, 6.07) is 22.0. The Morgan fingerprint density at radius 3 is 2.41 bits per heavy atom. The second-order valence-electron chi connectivity index (χ2n) is 9.09. The van der Waals surface area contributed by atoms with E-state index in [1.807, 2.05) is 62.1 Å². The van der Waals surface area contributed by atoms with E-state index in [1.54, 1.807) is 0 Å². The van der Waals surface area contributed by atoms with Crippen LogP contribution in [0.15, 0.2) is 66.7 Å². The summed E-state index contributed by atoms with van der Waals surface area (Å²) in [6.07, 6.45) is 1.04. The second kappa shape index (κ2) is 11.0. The third-order valence-electron chi connectivity index (χ3n) is 6.85. The third kappa shape index (κ3) is 4.88. The third-order valence-corrected chi connectivity index (χ3v) is 6.85. The molecule has 0 fully saturated rings. The van der Waals surface area contributed by atoms with Crippen LogP contribution in [0.1, 0.15) is 49.2 Å². The van der Waals surface area contributed by atoms with Gasteiger partial charge in [-0.05, 0) is 62.6 Å². The Balaban J connectivity index is 1.53. The van der Waals surface area contributed by atoms with Crippen LogP contribution in [0, 0.1) is 0 Å². The number of carbonyl (C=O) groups excluding carboxylic acids is 1. The van der Waals surface area contributed by atoms with Gasteiger partial charge in [-0.1, -0.05) is 42.5 Å². The Morgan fingerprint density at radius 2 is 1.65 bits per heavy atom. The van der Waals surface area contributed by atoms with Crippen molar-refractivity contribution in [1.82, 2.24) is 9.88 Å². The first-order valence-electron chi connectivity index (χ1n) is 13.1. The molecule has 0 spiro atoms. The quantitative estimate of drug-likeness (QED) is 0.304. The zero-order valence-corrected chi connectivity index (χ0v) is 21.8. The van der Waals surface area contributed by atoms with Crippen LogP contribution >= 0.6 is 0 Å². The van der Waals surface area contributed by atoms with Crippen LogP contribution in [0.2, 0.25) is 0 Å². The average Bonchev–Trinajstić information content (AvgIpc) is 3.29. The van der Waals surface area contributed by atoms with E-state index in [-0.39, 0.29) is 18.4 Å². The number of ether oxygens (including phenoxy) is 3. The van der Waals surface area contributed by atoms with Gasteiger partial charge in [-0.25, -0.2) is 0 Å². The summed E-state index contributed by atoms with van der Waals surface area (Å²) in [5, 5.41) is 1.23. The van der Waals surface area contributed by atoms with Gasteiger partial charge in [0.1, 0.15) is 5.75 Å². The minimum Gasteiger partial charge on any atom is -0.494 e. The van der Waals surface area contributed by atoms with Crippen LogP contribution in [0.25, 0.3) is 10.9 Å². The summed E-state index contributed by atoms with van der Waals surface area (Å²) >= 11 is 0. The number of amides is 1. The monoisotopic (exact) mass is 498 g/mol. The van der Waals surface area contributed by atoms with Gasteiger partial charge in [0.2, 0.25) is 5.91 Å². The molecular formula is C31H34N2O4. The molecule has 192 valence electrons. The molecule has 3 aromatic carbocycles. The lowest BCUT2D eigenvalue weighted by Crippen LogP contribution is -2.41. The molecule has 1 atom stereocenters. The minimum absolute atomic E-state index is 0.0535. The number of hydrogen-bond donors (Lipinski definition) is 1. The Bertz CT molecular complexity index is 1380. The predicted octanol–water partition coefficient (Wildman–Crippen LogP) is 6.08. The lowest BCUT2D eigenvalue weighted by molar-refractivity contribution is -0.132. The number of nitrogens with one attached hydrogen (secondary N) is 1. The van der Waals surface area contributed by atoms with Crippen molar-refractivity contribution in [2.24, 2.45) is 0 Å². The molecule has 1 unspecified atom stereocenters. The molecule has 1 N–H and O–H groups in total. The molecule has 2 heterocycles. The van der Waals surface area contributed by atoms with Crippen molar-refractivity contribution in [3.63, 3.8) is 0 Å². The number of rotatable bonds is 9. The molecule has 0 radical (unpaired) electrons. The molecule has 0 aliphatic carbocycles. The molecule has 1 aliphatic heterocycles. The number of aromatic amines is 1. The van der Waals surface area contributed by atoms with Crippen LogP contribution in [0.3, 0.4) is 0 Å². The summed E-state index contributed by atoms with van der Waals surface area (Å²) in [5.41, 5.74) is 5.36. The highest BCUT2D eigenvalue weighted by Crippen LogP contribution is 2.40. The van der Waals surface area contributed by atoms with E-state index < -0.39 is 0 Å². The van der Waals surface area contributed by atoms with Crippen LogP contribution < -0.4 is 14.2 Å². The SMILES string of the molecule is CCOc1ccc(C2c3[nH]c4ccccc4c3CCN2C(=O)Cc2cccc(OCC)c2OCC)cc1. The van der Waals surface area contributed by atoms with E-state index in [2.05, 4.69) is 35.3 Å². The maximum absolute atomic E-state index is 14.0. The Kier molecular flexibility index (Phi) is 7.35. The fourth-order valence-corrected chi connectivity index (χ4v) is 5.31. The van der Waals surface area contributed by atoms with Gasteiger partial charge >= 0.3 is 0 Å². The Labute approximate surface area is 218 Å². The fraction of sp³-hybridized carbons (Fsp3) is 0.323. The van der Waals surface area contributed by atoms with Gasteiger partial charge in [-0.3, -0.25) is 4.79 Å². The first-order chi connectivity index (χ1) is 18.1. The molecule has 0 bridgehead atoms. The maximum Gasteiger partial charge on any atom is 0.227 e. The van der Waals surface area contributed by atoms with Crippen LogP contribution in [0.5, 0.6) is 17.2 Å². The van der Waals surface area contributed by atoms with Crippen LogP contribution in [-0.2, 0) is 17.6 Å². The molecule has 0 saturated heterocycles. The molecule has 1 aliphatic rings. The molecule has 6 heteroatoms. The summed E-state index contributed by atoms with van der Waals surface area (Å²) in [7, 11) is 0. The van der Waals surface area contributed by atoms with E-state index in [4.69, 9.17) is 14.2 Å². The summed E-state index contributed by atoms with van der Waals surface area (Å²) in [4.78, 5) is 19.6. The smallest absolute Gasteiger partial charge is 0.227 e. The number of nitrogens with zero attached hydrogens (tertiary/aromatic N) is 1. The van der Waals surface area contributed by atoms with E-state index in [0.29, 0.717) is 37.9 Å². The lowest BCUT2D eigenvalue weighted by atomic mass is 9.91. The van der Waals surface area contributed by atoms with Gasteiger partial charge in [-0.2, -0.15) is 0 Å². The highest BCUT2D eigenvalue weighted by atomic mass is 16.5.